The maximum absolute atomic E-state index is 11.4. The average Bonchev–Trinajstić information content (AvgIpc) is 2.34. The number of hydrogen-bond donors (Lipinski definition) is 1. The highest BCUT2D eigenvalue weighted by molar-refractivity contribution is 7.99. The quantitative estimate of drug-likeness (QED) is 0.450. The number of nitrogens with one attached hydrogen (secondary N) is 1. The Morgan fingerprint density at radius 3 is 3.06 bits per heavy atom. The molecule has 0 bridgehead atoms. The molecule has 0 fully saturated rings. The van der Waals surface area contributed by atoms with E-state index in [9.17, 15) is 4.79 Å². The lowest BCUT2D eigenvalue weighted by molar-refractivity contribution is -0.142. The molecule has 16 heavy (non-hydrogen) atoms. The van der Waals surface area contributed by atoms with Crippen LogP contribution in [0.3, 0.4) is 0 Å². The molecule has 1 unspecified atom stereocenters. The topological polar surface area (TPSA) is 64.1 Å². The van der Waals surface area contributed by atoms with Gasteiger partial charge in [0.1, 0.15) is 12.4 Å². The summed E-state index contributed by atoms with van der Waals surface area (Å²) in [5.74, 6) is 0.348. The molecule has 1 rings (SSSR count). The molecule has 0 saturated carbocycles. The highest BCUT2D eigenvalue weighted by atomic mass is 32.2. The van der Waals surface area contributed by atoms with Crippen LogP contribution in [0.15, 0.2) is 23.6 Å². The van der Waals surface area contributed by atoms with Gasteiger partial charge in [-0.3, -0.25) is 4.79 Å². The number of carbonyl (C=O) groups excluding carboxylic acids is 1. The van der Waals surface area contributed by atoms with Crippen molar-refractivity contribution in [1.29, 1.82) is 0 Å². The van der Waals surface area contributed by atoms with Crippen LogP contribution in [0.1, 0.15) is 6.92 Å². The predicted molar refractivity (Wildman–Crippen MR) is 62.2 cm³/mol. The van der Waals surface area contributed by atoms with E-state index in [0.29, 0.717) is 5.75 Å². The van der Waals surface area contributed by atoms with Crippen molar-refractivity contribution in [3.05, 3.63) is 18.6 Å². The molecule has 1 aromatic heterocycles. The van der Waals surface area contributed by atoms with Gasteiger partial charge >= 0.3 is 5.97 Å². The van der Waals surface area contributed by atoms with Gasteiger partial charge in [-0.05, 0) is 12.6 Å². The molecular formula is C10H15N3O2S. The summed E-state index contributed by atoms with van der Waals surface area (Å²) >= 11 is 1.50. The molecule has 0 amide bonds. The fourth-order valence-electron chi connectivity index (χ4n) is 1.13. The van der Waals surface area contributed by atoms with E-state index in [1.165, 1.54) is 25.2 Å². The van der Waals surface area contributed by atoms with Crippen molar-refractivity contribution >= 4 is 17.7 Å². The van der Waals surface area contributed by atoms with Crippen LogP contribution in [-0.4, -0.2) is 41.4 Å². The maximum Gasteiger partial charge on any atom is 0.323 e. The van der Waals surface area contributed by atoms with Crippen molar-refractivity contribution in [3.63, 3.8) is 0 Å². The van der Waals surface area contributed by atoms with E-state index < -0.39 is 0 Å². The van der Waals surface area contributed by atoms with Crippen LogP contribution in [-0.2, 0) is 9.53 Å². The smallest absolute Gasteiger partial charge is 0.323 e. The largest absolute Gasteiger partial charge is 0.468 e. The average molecular weight is 241 g/mol. The molecule has 1 N–H and O–H groups in total. The second-order valence-electron chi connectivity index (χ2n) is 2.99. The third kappa shape index (κ3) is 4.16. The van der Waals surface area contributed by atoms with E-state index in [1.807, 2.05) is 13.0 Å². The summed E-state index contributed by atoms with van der Waals surface area (Å²) in [7, 11) is 1.39. The van der Waals surface area contributed by atoms with Crippen molar-refractivity contribution < 1.29 is 9.53 Å². The summed E-state index contributed by atoms with van der Waals surface area (Å²) in [6.45, 7) is 2.68. The fraction of sp³-hybridized carbons (Fsp3) is 0.500. The van der Waals surface area contributed by atoms with Crippen molar-refractivity contribution in [3.8, 4) is 0 Å². The van der Waals surface area contributed by atoms with Gasteiger partial charge in [0.15, 0.2) is 0 Å². The number of rotatable bonds is 6. The van der Waals surface area contributed by atoms with Gasteiger partial charge in [0.05, 0.1) is 12.1 Å². The number of carbonyl (C=O) groups is 1. The SMILES string of the molecule is CCNC(CSc1ccncn1)C(=O)OC. The third-order valence-electron chi connectivity index (χ3n) is 1.89. The molecule has 0 radical (unpaired) electrons. The van der Waals surface area contributed by atoms with Gasteiger partial charge in [-0.2, -0.15) is 0 Å². The zero-order valence-corrected chi connectivity index (χ0v) is 10.2. The normalized spacial score (nSPS) is 12.1. The van der Waals surface area contributed by atoms with Gasteiger partial charge in [0.2, 0.25) is 0 Å². The van der Waals surface area contributed by atoms with E-state index >= 15 is 0 Å². The Hall–Kier alpha value is -1.14. The number of hydrogen-bond acceptors (Lipinski definition) is 6. The van der Waals surface area contributed by atoms with Crippen LogP contribution < -0.4 is 5.32 Å². The summed E-state index contributed by atoms with van der Waals surface area (Å²) in [4.78, 5) is 19.3. The molecule has 0 saturated heterocycles. The molecule has 1 heterocycles. The number of likely N-dealkylation sites (N-methyl/N-ethyl adjacent to an activating group) is 1. The molecule has 1 atom stereocenters. The van der Waals surface area contributed by atoms with Crippen LogP contribution in [0.25, 0.3) is 0 Å². The second-order valence-corrected chi connectivity index (χ2v) is 4.03. The summed E-state index contributed by atoms with van der Waals surface area (Å²) in [6, 6.07) is 1.51. The van der Waals surface area contributed by atoms with Crippen LogP contribution in [0.2, 0.25) is 0 Å². The number of aromatic nitrogens is 2. The van der Waals surface area contributed by atoms with E-state index in [0.717, 1.165) is 11.6 Å². The van der Waals surface area contributed by atoms with Gasteiger partial charge in [-0.25, -0.2) is 9.97 Å². The Balaban J connectivity index is 2.47. The van der Waals surface area contributed by atoms with Crippen molar-refractivity contribution in [2.24, 2.45) is 0 Å². The standard InChI is InChI=1S/C10H15N3O2S/c1-3-12-8(10(14)15-2)6-16-9-4-5-11-7-13-9/h4-5,7-8,12H,3,6H2,1-2H3. The number of ether oxygens (including phenoxy) is 1. The summed E-state index contributed by atoms with van der Waals surface area (Å²) < 4.78 is 4.71. The van der Waals surface area contributed by atoms with Gasteiger partial charge in [-0.1, -0.05) is 6.92 Å². The van der Waals surface area contributed by atoms with E-state index in [4.69, 9.17) is 4.74 Å². The lowest BCUT2D eigenvalue weighted by Crippen LogP contribution is -2.39. The summed E-state index contributed by atoms with van der Waals surface area (Å²) in [5, 5.41) is 3.91. The molecule has 0 aliphatic heterocycles. The molecule has 0 aliphatic carbocycles. The maximum atomic E-state index is 11.4. The monoisotopic (exact) mass is 241 g/mol. The lowest BCUT2D eigenvalue weighted by Gasteiger charge is -2.14. The molecule has 5 nitrogen and oxygen atoms in total. The fourth-order valence-corrected chi connectivity index (χ4v) is 2.00. The minimum atomic E-state index is -0.296. The van der Waals surface area contributed by atoms with Crippen LogP contribution in [0, 0.1) is 0 Å². The highest BCUT2D eigenvalue weighted by Gasteiger charge is 2.17. The highest BCUT2D eigenvalue weighted by Crippen LogP contribution is 2.14. The van der Waals surface area contributed by atoms with Crippen molar-refractivity contribution in [2.45, 2.75) is 18.0 Å². The Bertz CT molecular complexity index is 321. The van der Waals surface area contributed by atoms with Crippen molar-refractivity contribution in [1.82, 2.24) is 15.3 Å². The van der Waals surface area contributed by atoms with E-state index in [-0.39, 0.29) is 12.0 Å². The van der Waals surface area contributed by atoms with Gasteiger partial charge < -0.3 is 10.1 Å². The first-order chi connectivity index (χ1) is 7.77. The van der Waals surface area contributed by atoms with Crippen LogP contribution in [0.5, 0.6) is 0 Å². The molecule has 0 aromatic carbocycles. The summed E-state index contributed by atoms with van der Waals surface area (Å²) in [6.07, 6.45) is 3.17. The summed E-state index contributed by atoms with van der Waals surface area (Å²) in [5.41, 5.74) is 0. The molecular weight excluding hydrogens is 226 g/mol. The predicted octanol–water partition coefficient (Wildman–Crippen LogP) is 0.720. The number of methoxy groups -OCH3 is 1. The molecule has 1 aromatic rings. The molecule has 6 heteroatoms. The zero-order valence-electron chi connectivity index (χ0n) is 9.34. The first-order valence-corrected chi connectivity index (χ1v) is 5.96. The minimum absolute atomic E-state index is 0.247. The van der Waals surface area contributed by atoms with Crippen LogP contribution >= 0.6 is 11.8 Å². The Morgan fingerprint density at radius 1 is 1.69 bits per heavy atom. The molecule has 0 spiro atoms. The van der Waals surface area contributed by atoms with Gasteiger partial charge in [0, 0.05) is 11.9 Å². The number of nitrogens with zero attached hydrogens (tertiary/aromatic N) is 2. The Morgan fingerprint density at radius 2 is 2.50 bits per heavy atom. The first-order valence-electron chi connectivity index (χ1n) is 4.98. The number of esters is 1. The molecule has 88 valence electrons. The van der Waals surface area contributed by atoms with E-state index in [1.54, 1.807) is 6.20 Å². The lowest BCUT2D eigenvalue weighted by atomic mass is 10.3. The van der Waals surface area contributed by atoms with E-state index in [2.05, 4.69) is 15.3 Å². The Labute approximate surface area is 99.0 Å². The Kier molecular flexibility index (Phi) is 5.81. The minimum Gasteiger partial charge on any atom is -0.468 e. The third-order valence-corrected chi connectivity index (χ3v) is 2.93. The van der Waals surface area contributed by atoms with Crippen LogP contribution in [0.4, 0.5) is 0 Å². The zero-order chi connectivity index (χ0) is 11.8. The van der Waals surface area contributed by atoms with Gasteiger partial charge in [0.25, 0.3) is 0 Å². The van der Waals surface area contributed by atoms with Crippen molar-refractivity contribution in [2.75, 3.05) is 19.4 Å². The first kappa shape index (κ1) is 12.9. The van der Waals surface area contributed by atoms with Gasteiger partial charge in [-0.15, -0.1) is 11.8 Å². The second kappa shape index (κ2) is 7.19. The number of thioether (sulfide) groups is 1. The molecule has 0 aliphatic rings.